The number of para-hydroxylation sites is 2. The molecule has 38 heavy (non-hydrogen) atoms. The fraction of sp³-hybridized carbons (Fsp3) is 0.286. The van der Waals surface area contributed by atoms with Gasteiger partial charge >= 0.3 is 0 Å². The Morgan fingerprint density at radius 3 is 2.24 bits per heavy atom. The number of anilines is 1. The van der Waals surface area contributed by atoms with Gasteiger partial charge in [0, 0.05) is 5.56 Å². The van der Waals surface area contributed by atoms with Crippen LogP contribution < -0.4 is 23.9 Å². The van der Waals surface area contributed by atoms with Crippen LogP contribution in [0.5, 0.6) is 17.2 Å². The first-order valence-electron chi connectivity index (χ1n) is 12.1. The number of nitrogens with zero attached hydrogens (tertiary/aromatic N) is 2. The zero-order valence-corrected chi connectivity index (χ0v) is 23.0. The first-order valence-corrected chi connectivity index (χ1v) is 13.6. The van der Waals surface area contributed by atoms with E-state index in [0.29, 0.717) is 36.0 Å². The van der Waals surface area contributed by atoms with E-state index < -0.39 is 22.5 Å². The third-order valence-corrected chi connectivity index (χ3v) is 7.47. The van der Waals surface area contributed by atoms with Crippen LogP contribution in [0.3, 0.4) is 0 Å². The first kappa shape index (κ1) is 28.5. The largest absolute Gasteiger partial charge is 0.493 e. The molecule has 0 atom stereocenters. The lowest BCUT2D eigenvalue weighted by Crippen LogP contribution is -2.40. The number of sulfonamides is 1. The van der Waals surface area contributed by atoms with Crippen LogP contribution in [0.15, 0.2) is 76.7 Å². The normalized spacial score (nSPS) is 11.6. The lowest BCUT2D eigenvalue weighted by Gasteiger charge is -2.25. The molecule has 0 spiro atoms. The molecule has 10 heteroatoms. The Labute approximate surface area is 224 Å². The minimum Gasteiger partial charge on any atom is -0.493 e. The number of carbonyl (C=O) groups is 1. The van der Waals surface area contributed by atoms with Crippen LogP contribution in [0.25, 0.3) is 0 Å². The summed E-state index contributed by atoms with van der Waals surface area (Å²) in [6, 6.07) is 18.5. The number of amides is 1. The summed E-state index contributed by atoms with van der Waals surface area (Å²) in [5, 5.41) is 4.28. The Hall–Kier alpha value is -4.05. The van der Waals surface area contributed by atoms with E-state index in [-0.39, 0.29) is 10.6 Å². The summed E-state index contributed by atoms with van der Waals surface area (Å²) in [6.07, 6.45) is 0.508. The number of nitrogens with one attached hydrogen (secondary N) is 1. The fourth-order valence-electron chi connectivity index (χ4n) is 3.74. The second-order valence-electron chi connectivity index (χ2n) is 8.24. The molecule has 3 aromatic carbocycles. The molecule has 9 nitrogen and oxygen atoms in total. The molecule has 0 aromatic heterocycles. The molecular weight excluding hydrogens is 506 g/mol. The molecule has 0 aliphatic carbocycles. The molecule has 0 saturated carbocycles. The molecule has 0 aliphatic heterocycles. The lowest BCUT2D eigenvalue weighted by molar-refractivity contribution is -0.119. The fourth-order valence-corrected chi connectivity index (χ4v) is 5.17. The lowest BCUT2D eigenvalue weighted by atomic mass is 10.1. The van der Waals surface area contributed by atoms with Crippen molar-refractivity contribution in [2.24, 2.45) is 5.10 Å². The highest BCUT2D eigenvalue weighted by molar-refractivity contribution is 7.92. The summed E-state index contributed by atoms with van der Waals surface area (Å²) >= 11 is 0. The van der Waals surface area contributed by atoms with Gasteiger partial charge in [0.25, 0.3) is 15.9 Å². The Morgan fingerprint density at radius 2 is 1.61 bits per heavy atom. The molecule has 1 amide bonds. The Morgan fingerprint density at radius 1 is 0.921 bits per heavy atom. The monoisotopic (exact) mass is 539 g/mol. The van der Waals surface area contributed by atoms with Crippen LogP contribution in [0.4, 0.5) is 5.69 Å². The van der Waals surface area contributed by atoms with Crippen LogP contribution in [0.2, 0.25) is 0 Å². The highest BCUT2D eigenvalue weighted by atomic mass is 32.2. The zero-order valence-electron chi connectivity index (χ0n) is 22.2. The second kappa shape index (κ2) is 13.0. The second-order valence-corrected chi connectivity index (χ2v) is 10.1. The quantitative estimate of drug-likeness (QED) is 0.268. The number of hydrogen-bond acceptors (Lipinski definition) is 7. The Bertz CT molecular complexity index is 1390. The number of benzene rings is 3. The smallest absolute Gasteiger partial charge is 0.264 e. The van der Waals surface area contributed by atoms with Crippen molar-refractivity contribution in [2.45, 2.75) is 32.1 Å². The van der Waals surface area contributed by atoms with E-state index in [1.807, 2.05) is 19.9 Å². The summed E-state index contributed by atoms with van der Waals surface area (Å²) in [7, 11) is -1.02. The summed E-state index contributed by atoms with van der Waals surface area (Å²) in [5.74, 6) is 0.834. The van der Waals surface area contributed by atoms with Crippen molar-refractivity contribution >= 4 is 27.3 Å². The molecule has 0 bridgehead atoms. The van der Waals surface area contributed by atoms with Crippen LogP contribution in [0, 0.1) is 6.92 Å². The molecular formula is C28H33N3O6S. The maximum Gasteiger partial charge on any atom is 0.264 e. The maximum atomic E-state index is 13.7. The minimum absolute atomic E-state index is 0.0604. The highest BCUT2D eigenvalue weighted by Crippen LogP contribution is 2.32. The van der Waals surface area contributed by atoms with E-state index >= 15 is 0 Å². The average molecular weight is 540 g/mol. The summed E-state index contributed by atoms with van der Waals surface area (Å²) in [6.45, 7) is 5.39. The Balaban J connectivity index is 1.94. The highest BCUT2D eigenvalue weighted by Gasteiger charge is 2.29. The van der Waals surface area contributed by atoms with Gasteiger partial charge in [-0.25, -0.2) is 13.8 Å². The zero-order chi connectivity index (χ0) is 27.7. The number of methoxy groups -OCH3 is 2. The van der Waals surface area contributed by atoms with Crippen LogP contribution in [-0.2, 0) is 14.8 Å². The van der Waals surface area contributed by atoms with Gasteiger partial charge in [-0.15, -0.1) is 0 Å². The van der Waals surface area contributed by atoms with E-state index in [0.717, 1.165) is 15.4 Å². The van der Waals surface area contributed by atoms with Gasteiger partial charge in [-0.05, 0) is 62.7 Å². The van der Waals surface area contributed by atoms with Gasteiger partial charge in [0.1, 0.15) is 12.3 Å². The molecule has 0 fully saturated rings. The third-order valence-electron chi connectivity index (χ3n) is 5.70. The van der Waals surface area contributed by atoms with E-state index in [4.69, 9.17) is 14.2 Å². The van der Waals surface area contributed by atoms with Crippen molar-refractivity contribution in [3.05, 3.63) is 77.9 Å². The van der Waals surface area contributed by atoms with Crippen molar-refractivity contribution in [1.29, 1.82) is 0 Å². The van der Waals surface area contributed by atoms with E-state index in [2.05, 4.69) is 10.5 Å². The van der Waals surface area contributed by atoms with E-state index in [9.17, 15) is 13.2 Å². The van der Waals surface area contributed by atoms with Crippen LogP contribution in [-0.4, -0.2) is 47.4 Å². The molecule has 0 unspecified atom stereocenters. The van der Waals surface area contributed by atoms with Crippen molar-refractivity contribution in [3.8, 4) is 17.2 Å². The van der Waals surface area contributed by atoms with E-state index in [1.165, 1.54) is 19.2 Å². The number of hydrazone groups is 1. The number of rotatable bonds is 12. The van der Waals surface area contributed by atoms with Gasteiger partial charge in [0.2, 0.25) is 0 Å². The first-order chi connectivity index (χ1) is 18.2. The topological polar surface area (TPSA) is 107 Å². The standard InChI is InChI=1S/C28H33N3O6S/c1-6-23(21-14-17-26(35-4)27(18-21)36-5)29-30-28(32)19-31(24-10-8-9-11-25(24)37-7-2)38(33,34)22-15-12-20(3)13-16-22/h8-18H,6-7,19H2,1-5H3,(H,30,32)/b29-23+. The third kappa shape index (κ3) is 6.63. The number of hydrogen-bond donors (Lipinski definition) is 1. The van der Waals surface area contributed by atoms with Crippen LogP contribution in [0.1, 0.15) is 31.4 Å². The van der Waals surface area contributed by atoms with Crippen molar-refractivity contribution < 1.29 is 27.4 Å². The molecule has 3 rings (SSSR count). The number of carbonyl (C=O) groups excluding carboxylic acids is 1. The van der Waals surface area contributed by atoms with E-state index in [1.54, 1.807) is 62.6 Å². The SMILES string of the molecule is CCOc1ccccc1N(CC(=O)N/N=C(\CC)c1ccc(OC)c(OC)c1)S(=O)(=O)c1ccc(C)cc1. The van der Waals surface area contributed by atoms with Gasteiger partial charge in [-0.2, -0.15) is 5.10 Å². The summed E-state index contributed by atoms with van der Waals surface area (Å²) in [5.41, 5.74) is 5.00. The maximum absolute atomic E-state index is 13.7. The summed E-state index contributed by atoms with van der Waals surface area (Å²) in [4.78, 5) is 13.2. The molecule has 0 radical (unpaired) electrons. The number of ether oxygens (including phenoxy) is 3. The molecule has 1 N–H and O–H groups in total. The molecule has 0 aliphatic rings. The Kier molecular flexibility index (Phi) is 9.72. The molecule has 202 valence electrons. The minimum atomic E-state index is -4.11. The van der Waals surface area contributed by atoms with Crippen LogP contribution >= 0.6 is 0 Å². The van der Waals surface area contributed by atoms with Gasteiger partial charge in [0.15, 0.2) is 11.5 Å². The van der Waals surface area contributed by atoms with Crippen molar-refractivity contribution in [1.82, 2.24) is 5.43 Å². The van der Waals surface area contributed by atoms with Gasteiger partial charge in [-0.3, -0.25) is 9.10 Å². The molecule has 3 aromatic rings. The van der Waals surface area contributed by atoms with Crippen molar-refractivity contribution in [2.75, 3.05) is 31.7 Å². The van der Waals surface area contributed by atoms with Gasteiger partial charge < -0.3 is 14.2 Å². The van der Waals surface area contributed by atoms with Crippen molar-refractivity contribution in [3.63, 3.8) is 0 Å². The average Bonchev–Trinajstić information content (AvgIpc) is 2.92. The predicted octanol–water partition coefficient (Wildman–Crippen LogP) is 4.54. The molecule has 0 heterocycles. The number of aryl methyl sites for hydroxylation is 1. The molecule has 0 saturated heterocycles. The van der Waals surface area contributed by atoms with Gasteiger partial charge in [-0.1, -0.05) is 36.8 Å². The van der Waals surface area contributed by atoms with Gasteiger partial charge in [0.05, 0.1) is 37.1 Å². The predicted molar refractivity (Wildman–Crippen MR) is 148 cm³/mol. The summed E-state index contributed by atoms with van der Waals surface area (Å²) < 4.78 is 44.8.